The van der Waals surface area contributed by atoms with Gasteiger partial charge in [0.1, 0.15) is 0 Å². The summed E-state index contributed by atoms with van der Waals surface area (Å²) in [5.74, 6) is -0.565. The van der Waals surface area contributed by atoms with Crippen molar-refractivity contribution >= 4 is 16.1 Å². The van der Waals surface area contributed by atoms with Crippen LogP contribution in [0.4, 0.5) is 8.78 Å². The van der Waals surface area contributed by atoms with Gasteiger partial charge in [0.05, 0.1) is 11.0 Å². The van der Waals surface area contributed by atoms with E-state index in [1.807, 2.05) is 0 Å². The van der Waals surface area contributed by atoms with Gasteiger partial charge in [-0.2, -0.15) is 17.2 Å². The van der Waals surface area contributed by atoms with Crippen LogP contribution in [0.5, 0.6) is 0 Å². The summed E-state index contributed by atoms with van der Waals surface area (Å²) in [4.78, 5) is 12.3. The van der Waals surface area contributed by atoms with Crippen molar-refractivity contribution in [3.63, 3.8) is 0 Å². The Hall–Kier alpha value is -0.800. The molecular weight excluding hydrogens is 322 g/mol. The minimum atomic E-state index is -5.63. The monoisotopic (exact) mass is 340 g/mol. The van der Waals surface area contributed by atoms with E-state index in [-0.39, 0.29) is 18.3 Å². The highest BCUT2D eigenvalue weighted by Gasteiger charge is 2.61. The molecule has 4 rings (SSSR count). The summed E-state index contributed by atoms with van der Waals surface area (Å²) in [6.07, 6.45) is 3.26. The lowest BCUT2D eigenvalue weighted by Gasteiger charge is -2.58. The van der Waals surface area contributed by atoms with Crippen LogP contribution < -0.4 is 0 Å². The molecule has 0 amide bonds. The van der Waals surface area contributed by atoms with Gasteiger partial charge >= 0.3 is 21.3 Å². The van der Waals surface area contributed by atoms with Crippen LogP contribution in [-0.4, -0.2) is 41.5 Å². The Bertz CT molecular complexity index is 588. The topological polar surface area (TPSA) is 101 Å². The molecule has 0 saturated heterocycles. The largest absolute Gasteiger partial charge is 0.458 e. The average Bonchev–Trinajstić information content (AvgIpc) is 2.31. The molecule has 2 N–H and O–H groups in total. The molecule has 0 heterocycles. The summed E-state index contributed by atoms with van der Waals surface area (Å²) in [6, 6.07) is 0. The Morgan fingerprint density at radius 1 is 1.23 bits per heavy atom. The highest BCUT2D eigenvalue weighted by Crippen LogP contribution is 2.62. The number of carbonyl (C=O) groups excluding carboxylic acids is 1. The highest BCUT2D eigenvalue weighted by atomic mass is 32.2. The van der Waals surface area contributed by atoms with Crippen molar-refractivity contribution in [3.05, 3.63) is 0 Å². The predicted molar refractivity (Wildman–Crippen MR) is 69.5 cm³/mol. The third kappa shape index (κ3) is 2.52. The van der Waals surface area contributed by atoms with Gasteiger partial charge in [0.15, 0.2) is 6.61 Å². The fourth-order valence-corrected chi connectivity index (χ4v) is 5.04. The second-order valence-electron chi connectivity index (χ2n) is 7.15. The number of esters is 1. The first-order chi connectivity index (χ1) is 9.95. The molecule has 22 heavy (non-hydrogen) atoms. The number of hydrogen-bond acceptors (Lipinski definition) is 5. The van der Waals surface area contributed by atoms with E-state index < -0.39 is 39.0 Å². The van der Waals surface area contributed by atoms with Crippen LogP contribution in [0.25, 0.3) is 0 Å². The predicted octanol–water partition coefficient (Wildman–Crippen LogP) is 1.34. The Balaban J connectivity index is 1.73. The van der Waals surface area contributed by atoms with Crippen LogP contribution in [-0.2, 0) is 19.6 Å². The minimum Gasteiger partial charge on any atom is -0.458 e. The lowest BCUT2D eigenvalue weighted by atomic mass is 9.48. The Kier molecular flexibility index (Phi) is 3.37. The molecule has 0 radical (unpaired) electrons. The van der Waals surface area contributed by atoms with Gasteiger partial charge in [-0.15, -0.1) is 0 Å². The maximum Gasteiger partial charge on any atom is 0.402 e. The molecule has 2 atom stereocenters. The summed E-state index contributed by atoms with van der Waals surface area (Å²) in [5.41, 5.74) is -1.96. The van der Waals surface area contributed by atoms with E-state index in [4.69, 9.17) is 4.55 Å². The molecule has 4 bridgehead atoms. The molecule has 2 unspecified atom stereocenters. The summed E-state index contributed by atoms with van der Waals surface area (Å²) in [5, 5.41) is 5.96. The van der Waals surface area contributed by atoms with Gasteiger partial charge in [-0.05, 0) is 50.4 Å². The standard InChI is InChI=1S/C13H18F2O6S/c14-13(15,22(18,19)20)7-21-10(16)11-2-8-1-9(3-11)5-12(17,4-8)6-11/h8-9,17H,1-7H2,(H,18,19,20). The maximum absolute atomic E-state index is 13.2. The van der Waals surface area contributed by atoms with Gasteiger partial charge in [-0.25, -0.2) is 0 Å². The van der Waals surface area contributed by atoms with Gasteiger partial charge < -0.3 is 9.84 Å². The van der Waals surface area contributed by atoms with Crippen molar-refractivity contribution in [1.29, 1.82) is 0 Å². The van der Waals surface area contributed by atoms with Crippen LogP contribution in [0, 0.1) is 17.3 Å². The lowest BCUT2D eigenvalue weighted by molar-refractivity contribution is -0.199. The lowest BCUT2D eigenvalue weighted by Crippen LogP contribution is -2.58. The summed E-state index contributed by atoms with van der Waals surface area (Å²) >= 11 is 0. The van der Waals surface area contributed by atoms with Crippen LogP contribution in [0.2, 0.25) is 0 Å². The van der Waals surface area contributed by atoms with E-state index in [2.05, 4.69) is 4.74 Å². The van der Waals surface area contributed by atoms with Crippen molar-refractivity contribution in [2.45, 2.75) is 49.4 Å². The second-order valence-corrected chi connectivity index (χ2v) is 8.70. The van der Waals surface area contributed by atoms with Gasteiger partial charge in [0.2, 0.25) is 0 Å². The third-order valence-electron chi connectivity index (χ3n) is 5.21. The molecule has 0 aromatic heterocycles. The second kappa shape index (κ2) is 4.61. The van der Waals surface area contributed by atoms with Gasteiger partial charge in [-0.1, -0.05) is 0 Å². The van der Waals surface area contributed by atoms with E-state index in [0.717, 1.165) is 6.42 Å². The minimum absolute atomic E-state index is 0.167. The normalized spacial score (nSPS) is 40.7. The molecule has 4 aliphatic carbocycles. The van der Waals surface area contributed by atoms with Crippen LogP contribution in [0.15, 0.2) is 0 Å². The van der Waals surface area contributed by atoms with Gasteiger partial charge in [0.25, 0.3) is 0 Å². The Morgan fingerprint density at radius 2 is 1.77 bits per heavy atom. The number of aliphatic hydroxyl groups is 1. The zero-order valence-corrected chi connectivity index (χ0v) is 12.6. The van der Waals surface area contributed by atoms with E-state index >= 15 is 0 Å². The Morgan fingerprint density at radius 3 is 2.23 bits per heavy atom. The number of hydrogen-bond donors (Lipinski definition) is 2. The van der Waals surface area contributed by atoms with Crippen LogP contribution in [0.1, 0.15) is 38.5 Å². The SMILES string of the molecule is O=C(OCC(F)(F)S(=O)(=O)O)C12CC3CC(CC(O)(C3)C1)C2. The summed E-state index contributed by atoms with van der Waals surface area (Å²) in [7, 11) is -5.63. The smallest absolute Gasteiger partial charge is 0.402 e. The van der Waals surface area contributed by atoms with Crippen molar-refractivity contribution in [2.75, 3.05) is 6.61 Å². The first kappa shape index (κ1) is 16.1. The highest BCUT2D eigenvalue weighted by molar-refractivity contribution is 7.86. The zero-order valence-electron chi connectivity index (χ0n) is 11.8. The van der Waals surface area contributed by atoms with E-state index in [1.165, 1.54) is 0 Å². The van der Waals surface area contributed by atoms with Crippen LogP contribution in [0.3, 0.4) is 0 Å². The van der Waals surface area contributed by atoms with Crippen LogP contribution >= 0.6 is 0 Å². The number of ether oxygens (including phenoxy) is 1. The first-order valence-corrected chi connectivity index (χ1v) is 8.63. The quantitative estimate of drug-likeness (QED) is 0.592. The molecule has 9 heteroatoms. The van der Waals surface area contributed by atoms with Crippen molar-refractivity contribution in [3.8, 4) is 0 Å². The van der Waals surface area contributed by atoms with Gasteiger partial charge in [0, 0.05) is 0 Å². The van der Waals surface area contributed by atoms with E-state index in [0.29, 0.717) is 25.7 Å². The number of halogens is 2. The summed E-state index contributed by atoms with van der Waals surface area (Å²) < 4.78 is 60.4. The molecule has 0 aromatic rings. The third-order valence-corrected chi connectivity index (χ3v) is 6.08. The maximum atomic E-state index is 13.2. The average molecular weight is 340 g/mol. The van der Waals surface area contributed by atoms with E-state index in [1.54, 1.807) is 0 Å². The van der Waals surface area contributed by atoms with Gasteiger partial charge in [-0.3, -0.25) is 9.35 Å². The van der Waals surface area contributed by atoms with Crippen molar-refractivity contribution < 1.29 is 36.4 Å². The van der Waals surface area contributed by atoms with E-state index in [9.17, 15) is 27.1 Å². The summed E-state index contributed by atoms with van der Waals surface area (Å²) in [6.45, 7) is -1.71. The fourth-order valence-electron chi connectivity index (χ4n) is 4.83. The number of rotatable bonds is 4. The Labute approximate surface area is 126 Å². The zero-order chi connectivity index (χ0) is 16.4. The fraction of sp³-hybridized carbons (Fsp3) is 0.923. The molecule has 0 spiro atoms. The molecular formula is C13H18F2O6S. The molecule has 126 valence electrons. The molecule has 6 nitrogen and oxygen atoms in total. The molecule has 4 fully saturated rings. The molecule has 0 aromatic carbocycles. The molecule has 4 saturated carbocycles. The van der Waals surface area contributed by atoms with Crippen molar-refractivity contribution in [2.24, 2.45) is 17.3 Å². The molecule has 4 aliphatic rings. The number of alkyl halides is 2. The van der Waals surface area contributed by atoms with Crippen molar-refractivity contribution in [1.82, 2.24) is 0 Å². The number of carbonyl (C=O) groups is 1. The first-order valence-electron chi connectivity index (χ1n) is 7.19. The molecule has 0 aliphatic heterocycles.